The summed E-state index contributed by atoms with van der Waals surface area (Å²) in [6.07, 6.45) is 0. The van der Waals surface area contributed by atoms with Gasteiger partial charge in [-0.3, -0.25) is 0 Å². The Morgan fingerprint density at radius 1 is 1.00 bits per heavy atom. The van der Waals surface area contributed by atoms with Crippen molar-refractivity contribution in [1.82, 2.24) is 0 Å². The molecule has 0 fully saturated rings. The van der Waals surface area contributed by atoms with E-state index in [0.29, 0.717) is 22.2 Å². The van der Waals surface area contributed by atoms with E-state index in [1.54, 1.807) is 18.2 Å². The number of hydrogen-bond donors (Lipinski definition) is 2. The Hall–Kier alpha value is -2.51. The second-order valence-corrected chi connectivity index (χ2v) is 6.13. The highest BCUT2D eigenvalue weighted by atomic mass is 35.5. The number of methoxy groups -OCH3 is 3. The lowest BCUT2D eigenvalue weighted by atomic mass is 10.1. The van der Waals surface area contributed by atoms with Gasteiger partial charge in [-0.1, -0.05) is 17.7 Å². The molecule has 0 unspecified atom stereocenters. The van der Waals surface area contributed by atoms with E-state index in [2.05, 4.69) is 10.6 Å². The van der Waals surface area contributed by atoms with Crippen LogP contribution >= 0.6 is 23.8 Å². The van der Waals surface area contributed by atoms with Gasteiger partial charge in [0.25, 0.3) is 0 Å². The van der Waals surface area contributed by atoms with Gasteiger partial charge < -0.3 is 24.8 Å². The number of halogens is 1. The highest BCUT2D eigenvalue weighted by Crippen LogP contribution is 2.34. The molecule has 2 aromatic rings. The molecule has 0 saturated heterocycles. The third kappa shape index (κ3) is 4.56. The molecular formula is C18H19ClN2O4S. The van der Waals surface area contributed by atoms with Gasteiger partial charge in [0.05, 0.1) is 32.6 Å². The van der Waals surface area contributed by atoms with E-state index in [1.807, 2.05) is 13.0 Å². The minimum atomic E-state index is -0.532. The molecule has 138 valence electrons. The van der Waals surface area contributed by atoms with E-state index < -0.39 is 5.97 Å². The monoisotopic (exact) mass is 394 g/mol. The highest BCUT2D eigenvalue weighted by Gasteiger charge is 2.18. The Bertz CT molecular complexity index is 842. The Morgan fingerprint density at radius 2 is 1.62 bits per heavy atom. The lowest BCUT2D eigenvalue weighted by Crippen LogP contribution is -2.21. The first-order valence-corrected chi connectivity index (χ1v) is 8.36. The molecule has 6 nitrogen and oxygen atoms in total. The maximum atomic E-state index is 12.1. The van der Waals surface area contributed by atoms with Crippen LogP contribution < -0.4 is 20.1 Å². The highest BCUT2D eigenvalue weighted by molar-refractivity contribution is 7.80. The Morgan fingerprint density at radius 3 is 2.23 bits per heavy atom. The number of rotatable bonds is 5. The van der Waals surface area contributed by atoms with E-state index in [-0.39, 0.29) is 10.7 Å². The summed E-state index contributed by atoms with van der Waals surface area (Å²) in [6.45, 7) is 1.93. The van der Waals surface area contributed by atoms with Crippen LogP contribution in [-0.4, -0.2) is 32.4 Å². The molecule has 2 aromatic carbocycles. The Kier molecular flexibility index (Phi) is 6.65. The van der Waals surface area contributed by atoms with Gasteiger partial charge in [-0.25, -0.2) is 4.79 Å². The van der Waals surface area contributed by atoms with Crippen LogP contribution in [-0.2, 0) is 4.74 Å². The quantitative estimate of drug-likeness (QED) is 0.580. The van der Waals surface area contributed by atoms with Crippen molar-refractivity contribution in [2.45, 2.75) is 6.92 Å². The van der Waals surface area contributed by atoms with Gasteiger partial charge in [-0.15, -0.1) is 0 Å². The summed E-state index contributed by atoms with van der Waals surface area (Å²) in [5.74, 6) is 0.322. The van der Waals surface area contributed by atoms with E-state index in [9.17, 15) is 4.79 Å². The third-order valence-corrected chi connectivity index (χ3v) is 4.06. The number of ether oxygens (including phenoxy) is 3. The zero-order chi connectivity index (χ0) is 19.3. The van der Waals surface area contributed by atoms with Crippen LogP contribution in [0.25, 0.3) is 0 Å². The summed E-state index contributed by atoms with van der Waals surface area (Å²) in [5.41, 5.74) is 2.41. The van der Waals surface area contributed by atoms with Crippen LogP contribution in [0.5, 0.6) is 11.5 Å². The number of anilines is 2. The van der Waals surface area contributed by atoms with E-state index >= 15 is 0 Å². The number of nitrogens with one attached hydrogen (secondary N) is 2. The molecule has 0 aliphatic rings. The zero-order valence-corrected chi connectivity index (χ0v) is 16.4. The molecule has 0 atom stereocenters. The van der Waals surface area contributed by atoms with Gasteiger partial charge in [0.2, 0.25) is 0 Å². The number of thiocarbonyl (C=S) groups is 1. The number of benzene rings is 2. The number of carbonyl (C=O) groups excluding carboxylic acids is 1. The van der Waals surface area contributed by atoms with E-state index in [0.717, 1.165) is 11.3 Å². The first kappa shape index (κ1) is 19.8. The molecule has 0 radical (unpaired) electrons. The van der Waals surface area contributed by atoms with Crippen molar-refractivity contribution in [2.75, 3.05) is 32.0 Å². The fraction of sp³-hybridized carbons (Fsp3) is 0.222. The average Bonchev–Trinajstić information content (AvgIpc) is 2.63. The molecule has 2 N–H and O–H groups in total. The maximum absolute atomic E-state index is 12.1. The van der Waals surface area contributed by atoms with Crippen LogP contribution in [0.4, 0.5) is 11.4 Å². The minimum Gasteiger partial charge on any atom is -0.493 e. The molecule has 0 saturated carbocycles. The van der Waals surface area contributed by atoms with Crippen molar-refractivity contribution in [3.8, 4) is 11.5 Å². The molecule has 0 bridgehead atoms. The summed E-state index contributed by atoms with van der Waals surface area (Å²) in [4.78, 5) is 12.1. The Balaban J connectivity index is 2.33. The lowest BCUT2D eigenvalue weighted by Gasteiger charge is -2.17. The van der Waals surface area contributed by atoms with Crippen molar-refractivity contribution in [1.29, 1.82) is 0 Å². The predicted molar refractivity (Wildman–Crippen MR) is 107 cm³/mol. The van der Waals surface area contributed by atoms with Crippen LogP contribution in [0.15, 0.2) is 30.3 Å². The van der Waals surface area contributed by atoms with E-state index in [1.165, 1.54) is 27.4 Å². The van der Waals surface area contributed by atoms with Gasteiger partial charge in [0.1, 0.15) is 0 Å². The van der Waals surface area contributed by atoms with Crippen LogP contribution in [0.3, 0.4) is 0 Å². The lowest BCUT2D eigenvalue weighted by molar-refractivity contribution is 0.0601. The van der Waals surface area contributed by atoms with Crippen molar-refractivity contribution in [3.05, 3.63) is 46.5 Å². The predicted octanol–water partition coefficient (Wildman–Crippen LogP) is 4.26. The largest absolute Gasteiger partial charge is 0.493 e. The SMILES string of the molecule is COC(=O)c1cc(OC)c(OC)cc1NC(=S)Nc1cc(Cl)ccc1C. The van der Waals surface area contributed by atoms with Gasteiger partial charge in [-0.05, 0) is 36.8 Å². The van der Waals surface area contributed by atoms with Crippen molar-refractivity contribution in [2.24, 2.45) is 0 Å². The number of aryl methyl sites for hydroxylation is 1. The van der Waals surface area contributed by atoms with Crippen molar-refractivity contribution < 1.29 is 19.0 Å². The van der Waals surface area contributed by atoms with Gasteiger partial charge in [0.15, 0.2) is 16.6 Å². The van der Waals surface area contributed by atoms with Crippen LogP contribution in [0, 0.1) is 6.92 Å². The smallest absolute Gasteiger partial charge is 0.340 e. The molecule has 2 rings (SSSR count). The fourth-order valence-corrected chi connectivity index (χ4v) is 2.66. The van der Waals surface area contributed by atoms with Crippen LogP contribution in [0.1, 0.15) is 15.9 Å². The first-order chi connectivity index (χ1) is 12.4. The van der Waals surface area contributed by atoms with Gasteiger partial charge in [0, 0.05) is 22.8 Å². The second kappa shape index (κ2) is 8.73. The molecule has 0 aliphatic heterocycles. The molecule has 0 heterocycles. The van der Waals surface area contributed by atoms with Crippen LogP contribution in [0.2, 0.25) is 5.02 Å². The fourth-order valence-electron chi connectivity index (χ4n) is 2.27. The first-order valence-electron chi connectivity index (χ1n) is 7.58. The molecule has 8 heteroatoms. The molecule has 0 aliphatic carbocycles. The van der Waals surface area contributed by atoms with Crippen molar-refractivity contribution in [3.63, 3.8) is 0 Å². The van der Waals surface area contributed by atoms with Gasteiger partial charge in [-0.2, -0.15) is 0 Å². The number of hydrogen-bond acceptors (Lipinski definition) is 5. The standard InChI is InChI=1S/C18H19ClN2O4S/c1-10-5-6-11(19)7-13(10)20-18(26)21-14-9-16(24-3)15(23-2)8-12(14)17(22)25-4/h5-9H,1-4H3,(H2,20,21,26). The number of esters is 1. The summed E-state index contributed by atoms with van der Waals surface area (Å²) < 4.78 is 15.3. The topological polar surface area (TPSA) is 68.8 Å². The molecule has 0 aromatic heterocycles. The second-order valence-electron chi connectivity index (χ2n) is 5.28. The van der Waals surface area contributed by atoms with Gasteiger partial charge >= 0.3 is 5.97 Å². The van der Waals surface area contributed by atoms with E-state index in [4.69, 9.17) is 38.0 Å². The Labute approximate surface area is 162 Å². The summed E-state index contributed by atoms with van der Waals surface area (Å²) in [5, 5.41) is 6.92. The minimum absolute atomic E-state index is 0.261. The zero-order valence-electron chi connectivity index (χ0n) is 14.8. The summed E-state index contributed by atoms with van der Waals surface area (Å²) >= 11 is 11.4. The summed E-state index contributed by atoms with van der Waals surface area (Å²) in [7, 11) is 4.29. The number of carbonyl (C=O) groups is 1. The van der Waals surface area contributed by atoms with Crippen molar-refractivity contribution >= 4 is 46.3 Å². The normalized spacial score (nSPS) is 10.0. The average molecular weight is 395 g/mol. The third-order valence-electron chi connectivity index (χ3n) is 3.63. The molecule has 0 amide bonds. The molecule has 26 heavy (non-hydrogen) atoms. The summed E-state index contributed by atoms with van der Waals surface area (Å²) in [6, 6.07) is 8.58. The molecular weight excluding hydrogens is 376 g/mol. The molecule has 0 spiro atoms. The maximum Gasteiger partial charge on any atom is 0.340 e.